The third-order valence-corrected chi connectivity index (χ3v) is 4.01. The quantitative estimate of drug-likeness (QED) is 0.782. The molecule has 0 aliphatic carbocycles. The summed E-state index contributed by atoms with van der Waals surface area (Å²) in [5.74, 6) is -0.809. The van der Waals surface area contributed by atoms with Gasteiger partial charge in [0.05, 0.1) is 5.69 Å². The van der Waals surface area contributed by atoms with Gasteiger partial charge in [-0.05, 0) is 26.2 Å². The fourth-order valence-corrected chi connectivity index (χ4v) is 2.76. The van der Waals surface area contributed by atoms with Gasteiger partial charge in [-0.25, -0.2) is 4.98 Å². The lowest BCUT2D eigenvalue weighted by atomic mass is 10.3. The second-order valence-corrected chi connectivity index (χ2v) is 5.95. The van der Waals surface area contributed by atoms with Crippen LogP contribution in [0.15, 0.2) is 16.9 Å². The minimum absolute atomic E-state index is 0.196. The van der Waals surface area contributed by atoms with E-state index in [1.54, 1.807) is 13.0 Å². The number of likely N-dealkylation sites (tertiary alicyclic amines) is 1. The van der Waals surface area contributed by atoms with Gasteiger partial charge in [0.1, 0.15) is 5.82 Å². The highest BCUT2D eigenvalue weighted by Gasteiger charge is 2.25. The molecule has 0 unspecified atom stereocenters. The first-order valence-corrected chi connectivity index (χ1v) is 8.25. The van der Waals surface area contributed by atoms with E-state index in [0.717, 1.165) is 12.8 Å². The highest BCUT2D eigenvalue weighted by molar-refractivity contribution is 6.39. The van der Waals surface area contributed by atoms with Crippen LogP contribution in [0, 0.1) is 6.92 Å². The summed E-state index contributed by atoms with van der Waals surface area (Å²) in [5, 5.41) is 6.82. The Labute approximate surface area is 144 Å². The summed E-state index contributed by atoms with van der Waals surface area (Å²) in [5.41, 5.74) is 0.922. The number of nitrogens with one attached hydrogen (secondary N) is 2. The van der Waals surface area contributed by atoms with Gasteiger partial charge in [-0.3, -0.25) is 19.4 Å². The lowest BCUT2D eigenvalue weighted by Gasteiger charge is -2.14. The number of aromatic nitrogens is 4. The molecule has 2 aromatic rings. The van der Waals surface area contributed by atoms with E-state index < -0.39 is 11.8 Å². The Morgan fingerprint density at radius 3 is 2.68 bits per heavy atom. The van der Waals surface area contributed by atoms with E-state index in [1.807, 2.05) is 6.92 Å². The van der Waals surface area contributed by atoms with Crippen LogP contribution in [0.1, 0.15) is 31.2 Å². The Bertz CT molecular complexity index is 863. The summed E-state index contributed by atoms with van der Waals surface area (Å²) in [4.78, 5) is 44.6. The lowest BCUT2D eigenvalue weighted by Crippen LogP contribution is -2.38. The van der Waals surface area contributed by atoms with E-state index in [0.29, 0.717) is 30.9 Å². The zero-order valence-corrected chi connectivity index (χ0v) is 14.2. The van der Waals surface area contributed by atoms with Crippen molar-refractivity contribution in [1.29, 1.82) is 0 Å². The molecular formula is C16H20N6O3. The topological polar surface area (TPSA) is 113 Å². The molecule has 2 N–H and O–H groups in total. The molecule has 2 aromatic heterocycles. The molecule has 1 aliphatic heterocycles. The number of anilines is 1. The molecule has 0 saturated carbocycles. The first-order chi connectivity index (χ1) is 12.0. The summed E-state index contributed by atoms with van der Waals surface area (Å²) >= 11 is 0. The largest absolute Gasteiger partial charge is 0.334 e. The normalized spacial score (nSPS) is 13.9. The van der Waals surface area contributed by atoms with Crippen LogP contribution in [-0.2, 0) is 16.0 Å². The fourth-order valence-electron chi connectivity index (χ4n) is 2.76. The van der Waals surface area contributed by atoms with Gasteiger partial charge in [-0.2, -0.15) is 9.78 Å². The third-order valence-electron chi connectivity index (χ3n) is 4.01. The molecule has 3 heterocycles. The Morgan fingerprint density at radius 2 is 2.00 bits per heavy atom. The second kappa shape index (κ2) is 6.88. The minimum atomic E-state index is -0.725. The number of aryl methyl sites for hydroxylation is 2. The monoisotopic (exact) mass is 344 g/mol. The number of hydrogen-bond donors (Lipinski definition) is 2. The Balaban J connectivity index is 1.88. The molecule has 132 valence electrons. The van der Waals surface area contributed by atoms with Crippen molar-refractivity contribution in [3.05, 3.63) is 33.9 Å². The van der Waals surface area contributed by atoms with Crippen molar-refractivity contribution < 1.29 is 9.59 Å². The average molecular weight is 344 g/mol. The summed E-state index contributed by atoms with van der Waals surface area (Å²) in [7, 11) is 0. The number of hydrogen-bond acceptors (Lipinski definition) is 5. The molecule has 1 aliphatic rings. The molecule has 25 heavy (non-hydrogen) atoms. The van der Waals surface area contributed by atoms with E-state index in [1.165, 1.54) is 15.6 Å². The van der Waals surface area contributed by atoms with Gasteiger partial charge in [0.25, 0.3) is 5.56 Å². The van der Waals surface area contributed by atoms with Gasteiger partial charge < -0.3 is 10.2 Å². The van der Waals surface area contributed by atoms with Gasteiger partial charge in [-0.1, -0.05) is 6.92 Å². The van der Waals surface area contributed by atoms with Crippen LogP contribution in [0.4, 0.5) is 5.82 Å². The summed E-state index contributed by atoms with van der Waals surface area (Å²) < 4.78 is 1.32. The van der Waals surface area contributed by atoms with Crippen molar-refractivity contribution in [3.8, 4) is 5.95 Å². The summed E-state index contributed by atoms with van der Waals surface area (Å²) in [6, 6.07) is 3.03. The Hall–Kier alpha value is -2.97. The molecule has 0 aromatic carbocycles. The first kappa shape index (κ1) is 16.9. The maximum atomic E-state index is 12.2. The van der Waals surface area contributed by atoms with Crippen LogP contribution in [0.25, 0.3) is 5.95 Å². The third kappa shape index (κ3) is 3.59. The number of rotatable bonds is 3. The van der Waals surface area contributed by atoms with Gasteiger partial charge in [0.15, 0.2) is 0 Å². The maximum Gasteiger partial charge on any atom is 0.315 e. The predicted octanol–water partition coefficient (Wildman–Crippen LogP) is 0.387. The standard InChI is InChI=1S/C16H20N6O3/c1-3-11-9-13(23)19-16(17-11)22-12(8-10(2)20-22)18-14(24)15(25)21-6-4-5-7-21/h8-9H,3-7H2,1-2H3,(H,18,24)(H,17,19,23). The van der Waals surface area contributed by atoms with Crippen LogP contribution in [0.2, 0.25) is 0 Å². The fraction of sp³-hybridized carbons (Fsp3) is 0.438. The Kier molecular flexibility index (Phi) is 4.64. The van der Waals surface area contributed by atoms with E-state index in [9.17, 15) is 14.4 Å². The molecule has 9 nitrogen and oxygen atoms in total. The minimum Gasteiger partial charge on any atom is -0.334 e. The number of H-pyrrole nitrogens is 1. The van der Waals surface area contributed by atoms with E-state index in [2.05, 4.69) is 20.4 Å². The predicted molar refractivity (Wildman–Crippen MR) is 90.5 cm³/mol. The second-order valence-electron chi connectivity index (χ2n) is 5.95. The SMILES string of the molecule is CCc1cc(=O)[nH]c(-n2nc(C)cc2NC(=O)C(=O)N2CCCC2)n1. The molecule has 3 rings (SSSR count). The van der Waals surface area contributed by atoms with Crippen molar-refractivity contribution in [3.63, 3.8) is 0 Å². The molecule has 9 heteroatoms. The van der Waals surface area contributed by atoms with Gasteiger partial charge in [0, 0.05) is 30.9 Å². The van der Waals surface area contributed by atoms with Gasteiger partial charge >= 0.3 is 11.8 Å². The average Bonchev–Trinajstić information content (AvgIpc) is 3.23. The maximum absolute atomic E-state index is 12.2. The van der Waals surface area contributed by atoms with Gasteiger partial charge in [-0.15, -0.1) is 0 Å². The van der Waals surface area contributed by atoms with Crippen molar-refractivity contribution in [2.24, 2.45) is 0 Å². The summed E-state index contributed by atoms with van der Waals surface area (Å²) in [6.45, 7) is 4.82. The van der Waals surface area contributed by atoms with E-state index in [4.69, 9.17) is 0 Å². The van der Waals surface area contributed by atoms with Crippen LogP contribution in [0.3, 0.4) is 0 Å². The molecule has 0 bridgehead atoms. The molecular weight excluding hydrogens is 324 g/mol. The summed E-state index contributed by atoms with van der Waals surface area (Å²) in [6.07, 6.45) is 2.41. The molecule has 0 atom stereocenters. The van der Waals surface area contributed by atoms with Crippen LogP contribution in [-0.4, -0.2) is 49.6 Å². The van der Waals surface area contributed by atoms with Crippen molar-refractivity contribution in [2.75, 3.05) is 18.4 Å². The zero-order chi connectivity index (χ0) is 18.0. The molecule has 1 fully saturated rings. The zero-order valence-electron chi connectivity index (χ0n) is 14.2. The molecule has 2 amide bonds. The van der Waals surface area contributed by atoms with Crippen LogP contribution in [0.5, 0.6) is 0 Å². The number of carbonyl (C=O) groups excluding carboxylic acids is 2. The van der Waals surface area contributed by atoms with Crippen molar-refractivity contribution >= 4 is 17.6 Å². The molecule has 0 radical (unpaired) electrons. The number of amides is 2. The number of nitrogens with zero attached hydrogens (tertiary/aromatic N) is 4. The molecule has 1 saturated heterocycles. The van der Waals surface area contributed by atoms with Gasteiger partial charge in [0.2, 0.25) is 5.95 Å². The van der Waals surface area contributed by atoms with Crippen LogP contribution >= 0.6 is 0 Å². The number of aromatic amines is 1. The molecule has 0 spiro atoms. The smallest absolute Gasteiger partial charge is 0.315 e. The van der Waals surface area contributed by atoms with Crippen molar-refractivity contribution in [1.82, 2.24) is 24.6 Å². The van der Waals surface area contributed by atoms with Crippen molar-refractivity contribution in [2.45, 2.75) is 33.1 Å². The lowest BCUT2D eigenvalue weighted by molar-refractivity contribution is -0.142. The highest BCUT2D eigenvalue weighted by Crippen LogP contribution is 2.15. The van der Waals surface area contributed by atoms with Crippen LogP contribution < -0.4 is 10.9 Å². The Morgan fingerprint density at radius 1 is 1.28 bits per heavy atom. The first-order valence-electron chi connectivity index (χ1n) is 8.25. The van der Waals surface area contributed by atoms with E-state index >= 15 is 0 Å². The number of carbonyl (C=O) groups is 2. The highest BCUT2D eigenvalue weighted by atomic mass is 16.2. The van der Waals surface area contributed by atoms with E-state index in [-0.39, 0.29) is 17.3 Å².